The molecule has 10 heteroatoms. The average Bonchev–Trinajstić information content (AvgIpc) is 3.55. The van der Waals surface area contributed by atoms with Crippen molar-refractivity contribution in [2.45, 2.75) is 188 Å². The predicted molar refractivity (Wildman–Crippen MR) is 350 cm³/mol. The first-order chi connectivity index (χ1) is 41.4. The third-order valence-electron chi connectivity index (χ3n) is 14.0. The van der Waals surface area contributed by atoms with Crippen LogP contribution >= 0.6 is 0 Å². The summed E-state index contributed by atoms with van der Waals surface area (Å²) in [6.45, 7) is 25.7. The lowest BCUT2D eigenvalue weighted by Gasteiger charge is -2.28. The molecule has 4 aromatic carbocycles. The molecular formula is C75H104O10. The standard InChI is InChI=1S/C17H30O2.C16H22O2.C15H18O2.C14H18O2.C13H16O2/c1-3-5-6-7-8-9-15-10-12-16(13-11-15)14-19-17(18)4-2;1-3-5-6-7-8-14-9-11-15(12-10-14)13-18-16(17)4-2;1-2-15(16)17-13-9-4-3-6-10-14-11-7-5-8-12-14;1-3-5-6-12-7-9-13(10-8-12)11-16-14(15)4-2;1-2-13(14)15-11-7-6-10-12-8-4-3-5-9-12/h4,15-16H,2-3,5-14H2,1H3;4,9-12H,2-3,5-8,13H2,1H3;2,5-8,10-12H,1,3-4,9,13H2;4,7-10H,2-3,5-6,11H2,1H3;2-5,8-9H,1,6-7,10-11H2/b;;10-6+;;. The second-order valence-corrected chi connectivity index (χ2v) is 21.1. The lowest BCUT2D eigenvalue weighted by molar-refractivity contribution is -0.140. The third kappa shape index (κ3) is 43.9. The third-order valence-corrected chi connectivity index (χ3v) is 14.0. The SMILES string of the molecule is C=CC(=O)OCC1CCC(CCCCCCC)CC1.C=CC(=O)OCCCC/C=C/c1ccccc1.C=CC(=O)OCCCCc1ccccc1.C=CC(=O)OCc1ccc(CCCC)cc1.C=CC(=O)OCc1ccc(CCCCCC)cc1. The molecule has 1 saturated carbocycles. The Morgan fingerprint density at radius 1 is 0.388 bits per heavy atom. The number of aryl methyl sites for hydroxylation is 3. The normalized spacial score (nSPS) is 12.9. The van der Waals surface area contributed by atoms with Crippen molar-refractivity contribution in [2.75, 3.05) is 19.8 Å². The molecule has 0 amide bonds. The number of carbonyl (C=O) groups excluding carboxylic acids is 5. The maximum atomic E-state index is 11.0. The number of allylic oxidation sites excluding steroid dienone is 1. The highest BCUT2D eigenvalue weighted by atomic mass is 16.5. The van der Waals surface area contributed by atoms with Gasteiger partial charge in [0.1, 0.15) is 13.2 Å². The lowest BCUT2D eigenvalue weighted by Crippen LogP contribution is -2.20. The first kappa shape index (κ1) is 75.7. The van der Waals surface area contributed by atoms with E-state index in [0.717, 1.165) is 68.4 Å². The summed E-state index contributed by atoms with van der Waals surface area (Å²) in [6, 6.07) is 36.9. The molecule has 0 spiro atoms. The summed E-state index contributed by atoms with van der Waals surface area (Å²) in [7, 11) is 0. The molecule has 10 nitrogen and oxygen atoms in total. The number of hydrogen-bond donors (Lipinski definition) is 0. The van der Waals surface area contributed by atoms with Crippen molar-refractivity contribution in [1.29, 1.82) is 0 Å². The summed E-state index contributed by atoms with van der Waals surface area (Å²) in [5.74, 6) is -0.209. The fraction of sp³-hybridized carbons (Fsp3) is 0.453. The number of carbonyl (C=O) groups is 5. The van der Waals surface area contributed by atoms with E-state index in [0.29, 0.717) is 39.0 Å². The Bertz CT molecular complexity index is 2420. The molecule has 85 heavy (non-hydrogen) atoms. The molecule has 0 heterocycles. The molecule has 0 bridgehead atoms. The van der Waals surface area contributed by atoms with E-state index >= 15 is 0 Å². The van der Waals surface area contributed by atoms with Crippen molar-refractivity contribution in [3.05, 3.63) is 212 Å². The van der Waals surface area contributed by atoms with Gasteiger partial charge in [-0.3, -0.25) is 0 Å². The Balaban J connectivity index is 0.000000532. The summed E-state index contributed by atoms with van der Waals surface area (Å²) in [5.41, 5.74) is 7.25. The zero-order valence-electron chi connectivity index (χ0n) is 52.2. The first-order valence-electron chi connectivity index (χ1n) is 31.3. The molecule has 5 rings (SSSR count). The second kappa shape index (κ2) is 53.4. The van der Waals surface area contributed by atoms with Crippen molar-refractivity contribution < 1.29 is 47.7 Å². The molecule has 1 aliphatic carbocycles. The fourth-order valence-electron chi connectivity index (χ4n) is 8.84. The van der Waals surface area contributed by atoms with Crippen LogP contribution in [0.15, 0.2) is 179 Å². The molecule has 0 radical (unpaired) electrons. The molecule has 1 fully saturated rings. The minimum absolute atomic E-state index is 0.280. The largest absolute Gasteiger partial charge is 0.463 e. The summed E-state index contributed by atoms with van der Waals surface area (Å²) in [4.78, 5) is 54.2. The predicted octanol–water partition coefficient (Wildman–Crippen LogP) is 18.5. The second-order valence-electron chi connectivity index (χ2n) is 21.1. The van der Waals surface area contributed by atoms with Gasteiger partial charge in [-0.15, -0.1) is 0 Å². The molecule has 0 N–H and O–H groups in total. The van der Waals surface area contributed by atoms with Gasteiger partial charge in [0.05, 0.1) is 19.8 Å². The van der Waals surface area contributed by atoms with Crippen LogP contribution in [0.1, 0.15) is 189 Å². The highest BCUT2D eigenvalue weighted by Crippen LogP contribution is 2.32. The van der Waals surface area contributed by atoms with E-state index in [1.54, 1.807) is 0 Å². The number of unbranched alkanes of at least 4 members (excludes halogenated alkanes) is 11. The van der Waals surface area contributed by atoms with Gasteiger partial charge in [0, 0.05) is 30.4 Å². The number of rotatable bonds is 36. The van der Waals surface area contributed by atoms with Gasteiger partial charge in [-0.25, -0.2) is 24.0 Å². The van der Waals surface area contributed by atoms with Gasteiger partial charge in [-0.1, -0.05) is 252 Å². The summed E-state index contributed by atoms with van der Waals surface area (Å²) in [6.07, 6.45) is 39.4. The van der Waals surface area contributed by atoms with E-state index in [1.165, 1.54) is 155 Å². The van der Waals surface area contributed by atoms with Gasteiger partial charge >= 0.3 is 29.8 Å². The Morgan fingerprint density at radius 3 is 1.25 bits per heavy atom. The summed E-state index contributed by atoms with van der Waals surface area (Å²) >= 11 is 0. The average molecular weight is 1170 g/mol. The molecule has 0 saturated heterocycles. The van der Waals surface area contributed by atoms with Crippen LogP contribution in [0.2, 0.25) is 0 Å². The Kier molecular flexibility index (Phi) is 47.5. The molecule has 1 aliphatic rings. The number of hydrogen-bond acceptors (Lipinski definition) is 10. The van der Waals surface area contributed by atoms with Crippen LogP contribution in [0.3, 0.4) is 0 Å². The van der Waals surface area contributed by atoms with E-state index in [2.05, 4.69) is 114 Å². The van der Waals surface area contributed by atoms with Gasteiger partial charge in [0.2, 0.25) is 0 Å². The van der Waals surface area contributed by atoms with Crippen molar-refractivity contribution in [3.63, 3.8) is 0 Å². The highest BCUT2D eigenvalue weighted by Gasteiger charge is 2.21. The zero-order valence-corrected chi connectivity index (χ0v) is 52.2. The van der Waals surface area contributed by atoms with Gasteiger partial charge in [-0.05, 0) is 122 Å². The molecule has 0 atom stereocenters. The summed E-state index contributed by atoms with van der Waals surface area (Å²) in [5, 5.41) is 0. The lowest BCUT2D eigenvalue weighted by atomic mass is 9.80. The van der Waals surface area contributed by atoms with E-state index in [-0.39, 0.29) is 29.8 Å². The summed E-state index contributed by atoms with van der Waals surface area (Å²) < 4.78 is 24.8. The van der Waals surface area contributed by atoms with E-state index in [4.69, 9.17) is 23.7 Å². The van der Waals surface area contributed by atoms with Gasteiger partial charge < -0.3 is 23.7 Å². The minimum atomic E-state index is -0.380. The van der Waals surface area contributed by atoms with Crippen molar-refractivity contribution in [3.8, 4) is 0 Å². The Morgan fingerprint density at radius 2 is 0.765 bits per heavy atom. The fourth-order valence-corrected chi connectivity index (χ4v) is 8.84. The molecule has 4 aromatic rings. The highest BCUT2D eigenvalue weighted by molar-refractivity contribution is 5.82. The molecule has 0 aromatic heterocycles. The van der Waals surface area contributed by atoms with Gasteiger partial charge in [0.25, 0.3) is 0 Å². The molecular weight excluding hydrogens is 1060 g/mol. The van der Waals surface area contributed by atoms with Crippen LogP contribution in [0.25, 0.3) is 6.08 Å². The van der Waals surface area contributed by atoms with Gasteiger partial charge in [-0.2, -0.15) is 0 Å². The molecule has 0 unspecified atom stereocenters. The van der Waals surface area contributed by atoms with Crippen LogP contribution in [0.5, 0.6) is 0 Å². The van der Waals surface area contributed by atoms with Crippen molar-refractivity contribution in [1.82, 2.24) is 0 Å². The van der Waals surface area contributed by atoms with Gasteiger partial charge in [0.15, 0.2) is 0 Å². The van der Waals surface area contributed by atoms with Crippen LogP contribution < -0.4 is 0 Å². The quantitative estimate of drug-likeness (QED) is 0.0188. The van der Waals surface area contributed by atoms with Crippen molar-refractivity contribution in [2.24, 2.45) is 11.8 Å². The van der Waals surface area contributed by atoms with E-state index in [1.807, 2.05) is 60.7 Å². The van der Waals surface area contributed by atoms with Crippen LogP contribution in [-0.2, 0) is 80.1 Å². The minimum Gasteiger partial charge on any atom is -0.463 e. The zero-order chi connectivity index (χ0) is 62.2. The first-order valence-corrected chi connectivity index (χ1v) is 31.3. The van der Waals surface area contributed by atoms with E-state index in [9.17, 15) is 24.0 Å². The van der Waals surface area contributed by atoms with E-state index < -0.39 is 0 Å². The van der Waals surface area contributed by atoms with Crippen molar-refractivity contribution >= 4 is 35.9 Å². The van der Waals surface area contributed by atoms with Crippen LogP contribution in [0.4, 0.5) is 0 Å². The monoisotopic (exact) mass is 1160 g/mol. The topological polar surface area (TPSA) is 132 Å². The molecule has 0 aliphatic heterocycles. The molecule has 464 valence electrons. The maximum Gasteiger partial charge on any atom is 0.330 e. The Labute approximate surface area is 512 Å². The van der Waals surface area contributed by atoms with Crippen LogP contribution in [-0.4, -0.2) is 49.7 Å². The number of esters is 5. The van der Waals surface area contributed by atoms with Crippen LogP contribution in [0, 0.1) is 11.8 Å². The Hall–Kier alpha value is -7.33. The number of ether oxygens (including phenoxy) is 5. The maximum absolute atomic E-state index is 11.0. The number of benzene rings is 4. The smallest absolute Gasteiger partial charge is 0.330 e.